The summed E-state index contributed by atoms with van der Waals surface area (Å²) in [4.78, 5) is 0. The van der Waals surface area contributed by atoms with Crippen LogP contribution in [0.15, 0.2) is 18.2 Å². The Morgan fingerprint density at radius 1 is 1.20 bits per heavy atom. The predicted molar refractivity (Wildman–Crippen MR) is 84.5 cm³/mol. The lowest BCUT2D eigenvalue weighted by Gasteiger charge is -2.27. The van der Waals surface area contributed by atoms with E-state index in [2.05, 4.69) is 44.3 Å². The van der Waals surface area contributed by atoms with Crippen LogP contribution in [0.5, 0.6) is 5.75 Å². The molecule has 1 atom stereocenters. The van der Waals surface area contributed by atoms with Crippen molar-refractivity contribution >= 4 is 5.69 Å². The van der Waals surface area contributed by atoms with Gasteiger partial charge in [-0.15, -0.1) is 0 Å². The molecule has 1 unspecified atom stereocenters. The van der Waals surface area contributed by atoms with Crippen molar-refractivity contribution in [2.24, 2.45) is 10.8 Å². The van der Waals surface area contributed by atoms with E-state index in [4.69, 9.17) is 4.74 Å². The largest absolute Gasteiger partial charge is 0.493 e. The average molecular weight is 273 g/mol. The molecule has 0 saturated heterocycles. The molecule has 0 amide bonds. The van der Waals surface area contributed by atoms with Crippen molar-refractivity contribution < 1.29 is 4.74 Å². The Balaban J connectivity index is 1.64. The van der Waals surface area contributed by atoms with Crippen LogP contribution in [0.4, 0.5) is 5.69 Å². The molecule has 1 aromatic carbocycles. The summed E-state index contributed by atoms with van der Waals surface area (Å²) in [6, 6.07) is 6.51. The summed E-state index contributed by atoms with van der Waals surface area (Å²) in [5, 5.41) is 3.45. The molecule has 2 nitrogen and oxygen atoms in total. The number of aryl methyl sites for hydroxylation is 1. The highest BCUT2D eigenvalue weighted by Gasteiger charge is 2.40. The summed E-state index contributed by atoms with van der Waals surface area (Å²) in [5.74, 6) is 1.04. The lowest BCUT2D eigenvalue weighted by molar-refractivity contribution is 0.154. The van der Waals surface area contributed by atoms with Gasteiger partial charge in [0.05, 0.1) is 6.61 Å². The number of anilines is 1. The summed E-state index contributed by atoms with van der Waals surface area (Å²) in [5.41, 5.74) is 3.53. The summed E-state index contributed by atoms with van der Waals surface area (Å²) in [7, 11) is 0. The number of fused-ring (bicyclic) bond motifs is 1. The van der Waals surface area contributed by atoms with Crippen LogP contribution in [0, 0.1) is 10.8 Å². The molecule has 1 heterocycles. The van der Waals surface area contributed by atoms with Crippen molar-refractivity contribution in [2.75, 3.05) is 18.5 Å². The van der Waals surface area contributed by atoms with E-state index in [9.17, 15) is 0 Å². The molecule has 1 aliphatic carbocycles. The number of benzene rings is 1. The fourth-order valence-electron chi connectivity index (χ4n) is 3.89. The van der Waals surface area contributed by atoms with Gasteiger partial charge in [0, 0.05) is 17.6 Å². The molecule has 2 heteroatoms. The SMILES string of the molecule is CC1(C)CCC(C)(COc2ccc3c(c2)CCCN3)C1. The Morgan fingerprint density at radius 2 is 2.05 bits per heavy atom. The fraction of sp³-hybridized carbons (Fsp3) is 0.667. The number of hydrogen-bond donors (Lipinski definition) is 1. The molecule has 1 N–H and O–H groups in total. The van der Waals surface area contributed by atoms with Crippen LogP contribution in [0.2, 0.25) is 0 Å². The number of rotatable bonds is 3. The van der Waals surface area contributed by atoms with Gasteiger partial charge in [-0.1, -0.05) is 20.8 Å². The second-order valence-electron chi connectivity index (χ2n) is 7.79. The molecule has 1 fully saturated rings. The van der Waals surface area contributed by atoms with Gasteiger partial charge in [0.2, 0.25) is 0 Å². The topological polar surface area (TPSA) is 21.3 Å². The van der Waals surface area contributed by atoms with Gasteiger partial charge in [0.25, 0.3) is 0 Å². The van der Waals surface area contributed by atoms with Crippen LogP contribution in [-0.2, 0) is 6.42 Å². The molecule has 1 aromatic rings. The fourth-order valence-corrected chi connectivity index (χ4v) is 3.89. The maximum atomic E-state index is 6.12. The summed E-state index contributed by atoms with van der Waals surface area (Å²) < 4.78 is 6.12. The normalized spacial score (nSPS) is 27.8. The summed E-state index contributed by atoms with van der Waals surface area (Å²) in [6.45, 7) is 9.08. The number of hydrogen-bond acceptors (Lipinski definition) is 2. The van der Waals surface area contributed by atoms with Gasteiger partial charge in [-0.05, 0) is 61.3 Å². The minimum atomic E-state index is 0.345. The van der Waals surface area contributed by atoms with Crippen LogP contribution >= 0.6 is 0 Å². The third-order valence-electron chi connectivity index (χ3n) is 4.91. The molecule has 2 aliphatic rings. The molecular formula is C18H27NO. The Bertz CT molecular complexity index is 494. The van der Waals surface area contributed by atoms with Crippen LogP contribution in [0.25, 0.3) is 0 Å². The molecule has 0 aromatic heterocycles. The standard InChI is InChI=1S/C18H27NO/c1-17(2)8-9-18(3,12-17)13-20-15-6-7-16-14(11-15)5-4-10-19-16/h6-7,11,19H,4-5,8-10,12-13H2,1-3H3. The number of ether oxygens (including phenoxy) is 1. The van der Waals surface area contributed by atoms with Crippen LogP contribution < -0.4 is 10.1 Å². The Hall–Kier alpha value is -1.18. The van der Waals surface area contributed by atoms with Gasteiger partial charge in [-0.3, -0.25) is 0 Å². The van der Waals surface area contributed by atoms with E-state index in [1.807, 2.05) is 0 Å². The van der Waals surface area contributed by atoms with Gasteiger partial charge in [-0.25, -0.2) is 0 Å². The Morgan fingerprint density at radius 3 is 2.80 bits per heavy atom. The third kappa shape index (κ3) is 2.94. The van der Waals surface area contributed by atoms with Crippen LogP contribution in [0.1, 0.15) is 52.0 Å². The first-order valence-electron chi connectivity index (χ1n) is 7.96. The second-order valence-corrected chi connectivity index (χ2v) is 7.79. The highest BCUT2D eigenvalue weighted by Crippen LogP contribution is 2.49. The summed E-state index contributed by atoms with van der Waals surface area (Å²) in [6.07, 6.45) is 6.27. The molecule has 20 heavy (non-hydrogen) atoms. The van der Waals surface area contributed by atoms with Crippen LogP contribution in [0.3, 0.4) is 0 Å². The first-order chi connectivity index (χ1) is 9.46. The van der Waals surface area contributed by atoms with Crippen LogP contribution in [-0.4, -0.2) is 13.2 Å². The van der Waals surface area contributed by atoms with Gasteiger partial charge in [-0.2, -0.15) is 0 Å². The van der Waals surface area contributed by atoms with Crippen molar-refractivity contribution in [1.29, 1.82) is 0 Å². The second kappa shape index (κ2) is 4.98. The van der Waals surface area contributed by atoms with Crippen molar-refractivity contribution in [1.82, 2.24) is 0 Å². The first-order valence-corrected chi connectivity index (χ1v) is 7.96. The predicted octanol–water partition coefficient (Wildman–Crippen LogP) is 4.64. The zero-order valence-corrected chi connectivity index (χ0v) is 13.1. The Kier molecular flexibility index (Phi) is 3.43. The lowest BCUT2D eigenvalue weighted by Crippen LogP contribution is -2.23. The van der Waals surface area contributed by atoms with Crippen molar-refractivity contribution in [2.45, 2.75) is 52.9 Å². The zero-order chi connectivity index (χ0) is 14.2. The molecular weight excluding hydrogens is 246 g/mol. The van der Waals surface area contributed by atoms with E-state index in [1.54, 1.807) is 0 Å². The molecule has 0 radical (unpaired) electrons. The molecule has 3 rings (SSSR count). The first kappa shape index (κ1) is 13.8. The van der Waals surface area contributed by atoms with E-state index >= 15 is 0 Å². The maximum Gasteiger partial charge on any atom is 0.119 e. The maximum absolute atomic E-state index is 6.12. The molecule has 110 valence electrons. The minimum absolute atomic E-state index is 0.345. The smallest absolute Gasteiger partial charge is 0.119 e. The van der Waals surface area contributed by atoms with Gasteiger partial charge in [0.15, 0.2) is 0 Å². The number of nitrogens with one attached hydrogen (secondary N) is 1. The van der Waals surface area contributed by atoms with Gasteiger partial charge < -0.3 is 10.1 Å². The quantitative estimate of drug-likeness (QED) is 0.866. The van der Waals surface area contributed by atoms with E-state index in [0.29, 0.717) is 10.8 Å². The Labute approximate surface area is 122 Å². The van der Waals surface area contributed by atoms with E-state index < -0.39 is 0 Å². The monoisotopic (exact) mass is 273 g/mol. The molecule has 0 spiro atoms. The lowest BCUT2D eigenvalue weighted by atomic mass is 9.84. The summed E-state index contributed by atoms with van der Waals surface area (Å²) >= 11 is 0. The molecule has 1 saturated carbocycles. The molecule has 1 aliphatic heterocycles. The highest BCUT2D eigenvalue weighted by molar-refractivity contribution is 5.55. The van der Waals surface area contributed by atoms with Gasteiger partial charge in [0.1, 0.15) is 5.75 Å². The van der Waals surface area contributed by atoms with Crippen molar-refractivity contribution in [3.05, 3.63) is 23.8 Å². The van der Waals surface area contributed by atoms with E-state index in [0.717, 1.165) is 18.9 Å². The minimum Gasteiger partial charge on any atom is -0.493 e. The van der Waals surface area contributed by atoms with Gasteiger partial charge >= 0.3 is 0 Å². The molecule has 0 bridgehead atoms. The highest BCUT2D eigenvalue weighted by atomic mass is 16.5. The third-order valence-corrected chi connectivity index (χ3v) is 4.91. The van der Waals surface area contributed by atoms with E-state index in [1.165, 1.54) is 43.4 Å². The zero-order valence-electron chi connectivity index (χ0n) is 13.1. The average Bonchev–Trinajstić information content (AvgIpc) is 2.71. The van der Waals surface area contributed by atoms with Crippen molar-refractivity contribution in [3.8, 4) is 5.75 Å². The van der Waals surface area contributed by atoms with E-state index in [-0.39, 0.29) is 0 Å². The van der Waals surface area contributed by atoms with Crippen molar-refractivity contribution in [3.63, 3.8) is 0 Å².